The molecule has 0 spiro atoms. The van der Waals surface area contributed by atoms with Crippen molar-refractivity contribution in [3.8, 4) is 23.0 Å². The van der Waals surface area contributed by atoms with Crippen LogP contribution in [0.15, 0.2) is 32.7 Å². The summed E-state index contributed by atoms with van der Waals surface area (Å²) in [5, 5.41) is 0.461. The molecule has 1 saturated carbocycles. The molecule has 4 atom stereocenters. The Morgan fingerprint density at radius 2 is 1.14 bits per heavy atom. The highest BCUT2D eigenvalue weighted by atomic mass is 32.2. The first-order valence-corrected chi connectivity index (χ1v) is 24.4. The topological polar surface area (TPSA) is 83.1 Å². The van der Waals surface area contributed by atoms with Crippen molar-refractivity contribution >= 4 is 67.8 Å². The Morgan fingerprint density at radius 3 is 1.82 bits per heavy atom. The van der Waals surface area contributed by atoms with Gasteiger partial charge < -0.3 is 42.6 Å². The highest BCUT2D eigenvalue weighted by Gasteiger charge is 2.54. The molecule has 300 valence electrons. The van der Waals surface area contributed by atoms with Gasteiger partial charge in [0.1, 0.15) is 57.6 Å². The van der Waals surface area contributed by atoms with Crippen LogP contribution in [0.25, 0.3) is 9.81 Å². The van der Waals surface area contributed by atoms with E-state index in [9.17, 15) is 0 Å². The maximum Gasteiger partial charge on any atom is 0.181 e. The molecule has 3 fully saturated rings. The monoisotopic (exact) mass is 856 g/mol. The third-order valence-electron chi connectivity index (χ3n) is 12.6. The van der Waals surface area contributed by atoms with Crippen LogP contribution in [0.3, 0.4) is 0 Å². The van der Waals surface area contributed by atoms with Crippen LogP contribution in [0.1, 0.15) is 66.7 Å². The van der Waals surface area contributed by atoms with Crippen molar-refractivity contribution in [3.05, 3.63) is 50.8 Å². The average molecular weight is 857 g/mol. The normalized spacial score (nSPS) is 32.4. The lowest BCUT2D eigenvalue weighted by molar-refractivity contribution is -0.0949. The predicted octanol–water partition coefficient (Wildman–Crippen LogP) is 8.02. The second-order valence-corrected chi connectivity index (χ2v) is 22.3. The lowest BCUT2D eigenvalue weighted by Crippen LogP contribution is -2.37. The van der Waals surface area contributed by atoms with Gasteiger partial charge in [0.25, 0.3) is 0 Å². The van der Waals surface area contributed by atoms with E-state index in [2.05, 4.69) is 34.6 Å². The summed E-state index contributed by atoms with van der Waals surface area (Å²) in [6.07, 6.45) is 5.13. The molecule has 8 aliphatic heterocycles. The molecule has 0 amide bonds. The lowest BCUT2D eigenvalue weighted by atomic mass is 9.82. The number of hydrogen-bond acceptors (Lipinski definition) is 14. The second-order valence-electron chi connectivity index (χ2n) is 16.9. The molecule has 56 heavy (non-hydrogen) atoms. The third-order valence-corrected chi connectivity index (χ3v) is 20.3. The van der Waals surface area contributed by atoms with Gasteiger partial charge in [-0.1, -0.05) is 46.4 Å². The van der Waals surface area contributed by atoms with E-state index in [-0.39, 0.29) is 33.5 Å². The lowest BCUT2D eigenvalue weighted by Gasteiger charge is -2.33. The highest BCUT2D eigenvalue weighted by Crippen LogP contribution is 2.62. The predicted molar refractivity (Wildman–Crippen MR) is 223 cm³/mol. The maximum atomic E-state index is 6.63. The van der Waals surface area contributed by atoms with Crippen molar-refractivity contribution < 1.29 is 42.6 Å². The van der Waals surface area contributed by atoms with E-state index in [4.69, 9.17) is 42.6 Å². The van der Waals surface area contributed by atoms with Crippen LogP contribution in [0.2, 0.25) is 0 Å². The molecule has 2 aromatic rings. The van der Waals surface area contributed by atoms with Crippen LogP contribution >= 0.6 is 58.0 Å². The number of hydrogen-bond donors (Lipinski definition) is 0. The van der Waals surface area contributed by atoms with Gasteiger partial charge in [-0.25, -0.2) is 0 Å². The first-order valence-electron chi connectivity index (χ1n) is 20.2. The van der Waals surface area contributed by atoms with Gasteiger partial charge in [-0.3, -0.25) is 0 Å². The number of thioether (sulfide) groups is 3. The molecule has 2 saturated heterocycles. The Balaban J connectivity index is 1.11. The van der Waals surface area contributed by atoms with Crippen molar-refractivity contribution in [2.75, 3.05) is 59.5 Å². The van der Waals surface area contributed by atoms with Gasteiger partial charge in [0.15, 0.2) is 34.5 Å². The Kier molecular flexibility index (Phi) is 9.25. The summed E-state index contributed by atoms with van der Waals surface area (Å²) in [5.41, 5.74) is 1.51. The standard InChI is InChI=1S/C42H48O9S5/c1-6-41(2,3)39-22-21(8-7-11-43-22)31(55-39)32-23-24(45-13-12-44-23)33(52-32)34-25-26(47-15-14-46-25)35(53-34)36-27-28(49-17-16-48-27)37(54-36)38-29-30(51-19-18-50-29)40(56-38)42(4,5)20-9-10-20/h20,27-28,39-40H,6-19H2,1-5H3/b32-31+,34-33+,36-35+,38-37+. The minimum absolute atomic E-state index is 0.0847. The Labute approximate surface area is 347 Å². The van der Waals surface area contributed by atoms with Gasteiger partial charge in [-0.15, -0.1) is 46.2 Å². The number of fused-ring (bicyclic) bond motifs is 3. The number of thiophene rings is 2. The number of ether oxygens (including phenoxy) is 9. The molecule has 0 aromatic carbocycles. The first kappa shape index (κ1) is 37.0. The molecular weight excluding hydrogens is 809 g/mol. The van der Waals surface area contributed by atoms with Crippen molar-refractivity contribution in [3.63, 3.8) is 0 Å². The van der Waals surface area contributed by atoms with Crippen molar-refractivity contribution in [2.45, 2.75) is 89.4 Å². The van der Waals surface area contributed by atoms with Gasteiger partial charge in [-0.05, 0) is 48.9 Å². The van der Waals surface area contributed by atoms with Crippen molar-refractivity contribution in [1.82, 2.24) is 0 Å². The minimum Gasteiger partial charge on any atom is -0.496 e. The minimum atomic E-state index is -0.268. The summed E-state index contributed by atoms with van der Waals surface area (Å²) in [6.45, 7) is 16.8. The van der Waals surface area contributed by atoms with Crippen LogP contribution in [0.5, 0.6) is 23.0 Å². The fourth-order valence-corrected chi connectivity index (χ4v) is 16.6. The summed E-state index contributed by atoms with van der Waals surface area (Å²) in [7, 11) is 0. The van der Waals surface area contributed by atoms with E-state index in [1.807, 2.05) is 23.5 Å². The first-order chi connectivity index (χ1) is 27.2. The quantitative estimate of drug-likeness (QED) is 0.299. The molecule has 9 nitrogen and oxygen atoms in total. The third kappa shape index (κ3) is 5.76. The molecule has 9 aliphatic rings. The average Bonchev–Trinajstić information content (AvgIpc) is 3.49. The molecule has 4 unspecified atom stereocenters. The van der Waals surface area contributed by atoms with Gasteiger partial charge in [0.05, 0.1) is 53.4 Å². The van der Waals surface area contributed by atoms with Crippen molar-refractivity contribution in [2.24, 2.45) is 16.7 Å². The molecule has 0 bridgehead atoms. The van der Waals surface area contributed by atoms with Gasteiger partial charge in [0, 0.05) is 20.3 Å². The summed E-state index contributed by atoms with van der Waals surface area (Å²) in [6, 6.07) is 0. The smallest absolute Gasteiger partial charge is 0.181 e. The molecular formula is C42H48O9S5. The summed E-state index contributed by atoms with van der Waals surface area (Å²) < 4.78 is 63.0. The second kappa shape index (κ2) is 14.0. The molecule has 11 rings (SSSR count). The van der Waals surface area contributed by atoms with Crippen molar-refractivity contribution in [1.29, 1.82) is 0 Å². The Bertz CT molecular complexity index is 2310. The van der Waals surface area contributed by atoms with Crippen LogP contribution in [-0.2, 0) is 23.7 Å². The van der Waals surface area contributed by atoms with Gasteiger partial charge in [0.2, 0.25) is 0 Å². The molecule has 10 heterocycles. The highest BCUT2D eigenvalue weighted by molar-refractivity contribution is 8.13. The largest absolute Gasteiger partial charge is 0.496 e. The van der Waals surface area contributed by atoms with Crippen LogP contribution in [0.4, 0.5) is 0 Å². The molecule has 14 heteroatoms. The van der Waals surface area contributed by atoms with Gasteiger partial charge in [-0.2, -0.15) is 0 Å². The zero-order valence-electron chi connectivity index (χ0n) is 32.5. The Hall–Kier alpha value is -2.07. The molecule has 0 N–H and O–H groups in total. The van der Waals surface area contributed by atoms with E-state index < -0.39 is 0 Å². The van der Waals surface area contributed by atoms with Crippen LogP contribution < -0.4 is 28.0 Å². The molecule has 1 aliphatic carbocycles. The Morgan fingerprint density at radius 1 is 0.571 bits per heavy atom. The summed E-state index contributed by atoms with van der Waals surface area (Å²) in [4.78, 5) is 4.66. The summed E-state index contributed by atoms with van der Waals surface area (Å²) in [5.74, 6) is 6.95. The van der Waals surface area contributed by atoms with E-state index >= 15 is 0 Å². The fourth-order valence-electron chi connectivity index (χ4n) is 9.01. The van der Waals surface area contributed by atoms with Crippen LogP contribution in [-0.4, -0.2) is 82.2 Å². The number of rotatable bonds is 4. The van der Waals surface area contributed by atoms with E-state index in [0.29, 0.717) is 58.8 Å². The molecule has 2 aromatic heterocycles. The summed E-state index contributed by atoms with van der Waals surface area (Å²) >= 11 is 9.07. The zero-order valence-corrected chi connectivity index (χ0v) is 36.6. The fraction of sp³-hybridized carbons (Fsp3) is 0.619. The maximum absolute atomic E-state index is 6.63. The zero-order chi connectivity index (χ0) is 37.9. The van der Waals surface area contributed by atoms with E-state index in [1.54, 1.807) is 34.4 Å². The van der Waals surface area contributed by atoms with Gasteiger partial charge >= 0.3 is 0 Å². The van der Waals surface area contributed by atoms with E-state index in [0.717, 1.165) is 99.0 Å². The SMILES string of the molecule is CCC(C)(C)C1S/C(=c2/s/c(=c3/s/c(=C4/S/C(=C5/SC(C(C)(C)C6CC6)C6=C5OCCO6)C5OCCOC45)c4c3OCCO4)c3c2OCCO3)C2=C1OCCC2. The van der Waals surface area contributed by atoms with Crippen LogP contribution in [0, 0.1) is 25.8 Å². The van der Waals surface area contributed by atoms with E-state index in [1.165, 1.54) is 23.3 Å². The molecule has 0 radical (unpaired) electrons.